The molecule has 1 unspecified atom stereocenters. The molecule has 1 N–H and O–H groups in total. The van der Waals surface area contributed by atoms with Crippen molar-refractivity contribution in [3.8, 4) is 0 Å². The number of aromatic nitrogens is 4. The van der Waals surface area contributed by atoms with E-state index >= 15 is 0 Å². The largest absolute Gasteiger partial charge is 0.340 e. The van der Waals surface area contributed by atoms with Gasteiger partial charge in [-0.15, -0.1) is 0 Å². The van der Waals surface area contributed by atoms with Gasteiger partial charge < -0.3 is 4.90 Å². The molecule has 1 saturated heterocycles. The summed E-state index contributed by atoms with van der Waals surface area (Å²) in [4.78, 5) is 27.8. The van der Waals surface area contributed by atoms with E-state index in [9.17, 15) is 9.59 Å². The standard InChI is InChI=1S/C21H23N5O2/c1-14-16-5-2-3-6-17(16)20(28)26(24-14)12-18(27)25-10-4-8-21(13-25)9-7-15-11-22-23-19(15)21/h2-3,5-6,11H,4,7-10,12-13H2,1H3,(H,22,23). The van der Waals surface area contributed by atoms with Crippen molar-refractivity contribution in [2.75, 3.05) is 13.1 Å². The number of fused-ring (bicyclic) bond motifs is 3. The van der Waals surface area contributed by atoms with Crippen LogP contribution in [0.15, 0.2) is 35.3 Å². The van der Waals surface area contributed by atoms with Crippen molar-refractivity contribution in [3.05, 3.63) is 57.8 Å². The number of hydrogen-bond acceptors (Lipinski definition) is 4. The van der Waals surface area contributed by atoms with E-state index in [0.29, 0.717) is 11.9 Å². The lowest BCUT2D eigenvalue weighted by atomic mass is 9.77. The van der Waals surface area contributed by atoms with Crippen LogP contribution in [0, 0.1) is 6.92 Å². The van der Waals surface area contributed by atoms with Gasteiger partial charge >= 0.3 is 0 Å². The minimum Gasteiger partial charge on any atom is -0.340 e. The molecule has 3 aromatic rings. The maximum Gasteiger partial charge on any atom is 0.275 e. The zero-order valence-electron chi connectivity index (χ0n) is 15.9. The average molecular weight is 377 g/mol. The highest BCUT2D eigenvalue weighted by molar-refractivity contribution is 5.83. The Kier molecular flexibility index (Phi) is 3.86. The van der Waals surface area contributed by atoms with Gasteiger partial charge in [-0.2, -0.15) is 10.2 Å². The molecule has 2 aromatic heterocycles. The molecule has 5 rings (SSSR count). The number of aromatic amines is 1. The van der Waals surface area contributed by atoms with Crippen LogP contribution in [-0.4, -0.2) is 43.9 Å². The highest BCUT2D eigenvalue weighted by Crippen LogP contribution is 2.43. The average Bonchev–Trinajstić information content (AvgIpc) is 3.31. The van der Waals surface area contributed by atoms with E-state index in [1.54, 1.807) is 6.07 Å². The topological polar surface area (TPSA) is 83.9 Å². The van der Waals surface area contributed by atoms with Gasteiger partial charge in [-0.1, -0.05) is 18.2 Å². The van der Waals surface area contributed by atoms with Crippen LogP contribution < -0.4 is 5.56 Å². The summed E-state index contributed by atoms with van der Waals surface area (Å²) in [6, 6.07) is 7.42. The van der Waals surface area contributed by atoms with Gasteiger partial charge in [0.25, 0.3) is 5.56 Å². The first-order chi connectivity index (χ1) is 13.6. The number of aryl methyl sites for hydroxylation is 2. The summed E-state index contributed by atoms with van der Waals surface area (Å²) in [5.74, 6) is -0.0451. The highest BCUT2D eigenvalue weighted by atomic mass is 16.2. The molecule has 1 amide bonds. The van der Waals surface area contributed by atoms with E-state index < -0.39 is 0 Å². The molecule has 1 aliphatic heterocycles. The molecule has 7 heteroatoms. The van der Waals surface area contributed by atoms with Crippen molar-refractivity contribution < 1.29 is 4.79 Å². The van der Waals surface area contributed by atoms with E-state index in [0.717, 1.165) is 43.3 Å². The molecular formula is C21H23N5O2. The molecule has 3 heterocycles. The monoisotopic (exact) mass is 377 g/mol. The van der Waals surface area contributed by atoms with Crippen molar-refractivity contribution in [2.45, 2.75) is 44.6 Å². The van der Waals surface area contributed by atoms with Crippen molar-refractivity contribution >= 4 is 16.7 Å². The van der Waals surface area contributed by atoms with Gasteiger partial charge in [0.2, 0.25) is 5.91 Å². The fourth-order valence-corrected chi connectivity index (χ4v) is 4.95. The van der Waals surface area contributed by atoms with Crippen LogP contribution in [0.5, 0.6) is 0 Å². The molecule has 1 fully saturated rings. The summed E-state index contributed by atoms with van der Waals surface area (Å²) in [5, 5.41) is 13.2. The molecule has 1 atom stereocenters. The minimum absolute atomic E-state index is 0.0164. The Balaban J connectivity index is 1.41. The number of nitrogens with one attached hydrogen (secondary N) is 1. The number of carbonyl (C=O) groups excluding carboxylic acids is 1. The summed E-state index contributed by atoms with van der Waals surface area (Å²) in [5.41, 5.74) is 3.01. The van der Waals surface area contributed by atoms with Gasteiger partial charge in [0.05, 0.1) is 17.3 Å². The van der Waals surface area contributed by atoms with Crippen molar-refractivity contribution in [1.29, 1.82) is 0 Å². The number of nitrogens with zero attached hydrogens (tertiary/aromatic N) is 4. The minimum atomic E-state index is -0.210. The van der Waals surface area contributed by atoms with Crippen LogP contribution in [0.2, 0.25) is 0 Å². The third kappa shape index (κ3) is 2.57. The highest BCUT2D eigenvalue weighted by Gasteiger charge is 2.44. The molecule has 1 aromatic carbocycles. The van der Waals surface area contributed by atoms with Gasteiger partial charge in [-0.05, 0) is 44.2 Å². The van der Waals surface area contributed by atoms with Crippen LogP contribution in [0.3, 0.4) is 0 Å². The number of piperidine rings is 1. The Morgan fingerprint density at radius 3 is 2.93 bits per heavy atom. The van der Waals surface area contributed by atoms with Crippen LogP contribution in [0.1, 0.15) is 36.2 Å². The van der Waals surface area contributed by atoms with Gasteiger partial charge in [0, 0.05) is 29.6 Å². The van der Waals surface area contributed by atoms with E-state index in [-0.39, 0.29) is 23.4 Å². The fraction of sp³-hybridized carbons (Fsp3) is 0.429. The second-order valence-electron chi connectivity index (χ2n) is 8.06. The molecule has 0 saturated carbocycles. The SMILES string of the molecule is Cc1nn(CC(=O)N2CCCC3(CCc4cn[nH]c43)C2)c(=O)c2ccccc12. The van der Waals surface area contributed by atoms with Crippen molar-refractivity contribution in [1.82, 2.24) is 24.9 Å². The quantitative estimate of drug-likeness (QED) is 0.740. The maximum atomic E-state index is 13.1. The lowest BCUT2D eigenvalue weighted by molar-refractivity contribution is -0.134. The zero-order valence-corrected chi connectivity index (χ0v) is 15.9. The van der Waals surface area contributed by atoms with E-state index in [4.69, 9.17) is 0 Å². The Bertz CT molecular complexity index is 1130. The first kappa shape index (κ1) is 17.2. The van der Waals surface area contributed by atoms with E-state index in [1.165, 1.54) is 15.9 Å². The summed E-state index contributed by atoms with van der Waals surface area (Å²) in [7, 11) is 0. The molecule has 144 valence electrons. The Morgan fingerprint density at radius 2 is 2.07 bits per heavy atom. The predicted octanol–water partition coefficient (Wildman–Crippen LogP) is 1.93. The second-order valence-corrected chi connectivity index (χ2v) is 8.06. The Labute approximate surface area is 162 Å². The number of carbonyl (C=O) groups is 1. The van der Waals surface area contributed by atoms with Gasteiger partial charge in [-0.25, -0.2) is 4.68 Å². The molecule has 28 heavy (non-hydrogen) atoms. The van der Waals surface area contributed by atoms with Crippen LogP contribution in [0.4, 0.5) is 0 Å². The smallest absolute Gasteiger partial charge is 0.275 e. The summed E-state index contributed by atoms with van der Waals surface area (Å²) < 4.78 is 1.32. The van der Waals surface area contributed by atoms with Gasteiger partial charge in [0.15, 0.2) is 0 Å². The van der Waals surface area contributed by atoms with Crippen LogP contribution >= 0.6 is 0 Å². The normalized spacial score (nSPS) is 21.4. The molecule has 7 nitrogen and oxygen atoms in total. The van der Waals surface area contributed by atoms with Crippen molar-refractivity contribution in [3.63, 3.8) is 0 Å². The number of H-pyrrole nitrogens is 1. The first-order valence-electron chi connectivity index (χ1n) is 9.84. The zero-order chi connectivity index (χ0) is 19.3. The van der Waals surface area contributed by atoms with Crippen LogP contribution in [0.25, 0.3) is 10.8 Å². The van der Waals surface area contributed by atoms with E-state index in [1.807, 2.05) is 36.2 Å². The summed E-state index contributed by atoms with van der Waals surface area (Å²) in [6.45, 7) is 3.26. The fourth-order valence-electron chi connectivity index (χ4n) is 4.95. The summed E-state index contributed by atoms with van der Waals surface area (Å²) in [6.07, 6.45) is 6.00. The number of amides is 1. The number of rotatable bonds is 2. The third-order valence-corrected chi connectivity index (χ3v) is 6.39. The number of hydrogen-bond donors (Lipinski definition) is 1. The molecular weight excluding hydrogens is 354 g/mol. The Hall–Kier alpha value is -2.96. The predicted molar refractivity (Wildman–Crippen MR) is 105 cm³/mol. The molecule has 1 spiro atoms. The summed E-state index contributed by atoms with van der Waals surface area (Å²) >= 11 is 0. The van der Waals surface area contributed by atoms with Gasteiger partial charge in [-0.3, -0.25) is 14.7 Å². The molecule has 1 aliphatic carbocycles. The lowest BCUT2D eigenvalue weighted by Gasteiger charge is -2.40. The number of benzene rings is 1. The lowest BCUT2D eigenvalue weighted by Crippen LogP contribution is -2.49. The molecule has 2 aliphatic rings. The molecule has 0 radical (unpaired) electrons. The molecule has 0 bridgehead atoms. The second kappa shape index (κ2) is 6.29. The van der Waals surface area contributed by atoms with Crippen LogP contribution in [-0.2, 0) is 23.2 Å². The maximum absolute atomic E-state index is 13.1. The van der Waals surface area contributed by atoms with Gasteiger partial charge in [0.1, 0.15) is 6.54 Å². The Morgan fingerprint density at radius 1 is 1.25 bits per heavy atom. The van der Waals surface area contributed by atoms with E-state index in [2.05, 4.69) is 15.3 Å². The number of likely N-dealkylation sites (tertiary alicyclic amines) is 1. The first-order valence-corrected chi connectivity index (χ1v) is 9.84. The van der Waals surface area contributed by atoms with Crippen molar-refractivity contribution in [2.24, 2.45) is 0 Å². The third-order valence-electron chi connectivity index (χ3n) is 6.39.